The fourth-order valence-electron chi connectivity index (χ4n) is 2.84. The third-order valence-corrected chi connectivity index (χ3v) is 5.00. The smallest absolute Gasteiger partial charge is 0.256 e. The number of hydrogen-bond donors (Lipinski definition) is 3. The molecule has 4 rings (SSSR count). The Morgan fingerprint density at radius 3 is 2.75 bits per heavy atom. The maximum atomic E-state index is 12.3. The van der Waals surface area contributed by atoms with Crippen molar-refractivity contribution in [2.45, 2.75) is 12.1 Å². The van der Waals surface area contributed by atoms with Gasteiger partial charge in [0.15, 0.2) is 0 Å². The van der Waals surface area contributed by atoms with Crippen LogP contribution in [0.1, 0.15) is 16.8 Å². The Labute approximate surface area is 121 Å². The Bertz CT molecular complexity index is 659. The summed E-state index contributed by atoms with van der Waals surface area (Å²) in [5.74, 6) is 0.0286. The highest BCUT2D eigenvalue weighted by Crippen LogP contribution is 2.39. The zero-order valence-electron chi connectivity index (χ0n) is 10.9. The van der Waals surface area contributed by atoms with Crippen LogP contribution < -0.4 is 16.0 Å². The monoisotopic (exact) mass is 285 g/mol. The summed E-state index contributed by atoms with van der Waals surface area (Å²) in [4.78, 5) is 13.4. The molecule has 0 bridgehead atoms. The average Bonchev–Trinajstić information content (AvgIpc) is 3.08. The molecule has 2 aliphatic heterocycles. The van der Waals surface area contributed by atoms with Crippen molar-refractivity contribution in [3.8, 4) is 10.4 Å². The van der Waals surface area contributed by atoms with Crippen molar-refractivity contribution in [3.63, 3.8) is 0 Å². The quantitative estimate of drug-likeness (QED) is 0.753. The number of rotatable bonds is 1. The number of hydrogen-bond acceptors (Lipinski definition) is 4. The summed E-state index contributed by atoms with van der Waals surface area (Å²) in [5, 5.41) is 10.9. The Morgan fingerprint density at radius 1 is 1.15 bits per heavy atom. The molecule has 0 saturated carbocycles. The summed E-state index contributed by atoms with van der Waals surface area (Å²) in [7, 11) is 0. The molecular formula is C15H15N3OS. The molecule has 1 fully saturated rings. The van der Waals surface area contributed by atoms with Gasteiger partial charge in [0.05, 0.1) is 5.56 Å². The number of carbonyl (C=O) groups excluding carboxylic acids is 1. The first-order valence-electron chi connectivity index (χ1n) is 6.76. The SMILES string of the molecule is O=C1NC2(CCNC2)Nc2sc(-c3ccccc3)cc21. The molecule has 1 aromatic carbocycles. The van der Waals surface area contributed by atoms with Gasteiger partial charge in [-0.2, -0.15) is 0 Å². The van der Waals surface area contributed by atoms with Crippen LogP contribution in [0.2, 0.25) is 0 Å². The Kier molecular flexibility index (Phi) is 2.58. The molecule has 1 aromatic heterocycles. The van der Waals surface area contributed by atoms with Crippen LogP contribution in [0.15, 0.2) is 36.4 Å². The Balaban J connectivity index is 1.74. The molecule has 4 nitrogen and oxygen atoms in total. The van der Waals surface area contributed by atoms with Gasteiger partial charge in [0.25, 0.3) is 5.91 Å². The van der Waals surface area contributed by atoms with Crippen molar-refractivity contribution in [1.82, 2.24) is 10.6 Å². The Hall–Kier alpha value is -1.85. The van der Waals surface area contributed by atoms with Crippen molar-refractivity contribution >= 4 is 22.2 Å². The van der Waals surface area contributed by atoms with Gasteiger partial charge in [-0.15, -0.1) is 11.3 Å². The van der Waals surface area contributed by atoms with Crippen LogP contribution in [-0.2, 0) is 0 Å². The summed E-state index contributed by atoms with van der Waals surface area (Å²) >= 11 is 1.65. The summed E-state index contributed by atoms with van der Waals surface area (Å²) in [6.45, 7) is 1.70. The lowest BCUT2D eigenvalue weighted by molar-refractivity contribution is 0.0908. The number of amides is 1. The maximum Gasteiger partial charge on any atom is 0.256 e. The van der Waals surface area contributed by atoms with E-state index in [-0.39, 0.29) is 11.6 Å². The van der Waals surface area contributed by atoms with E-state index in [1.807, 2.05) is 24.3 Å². The number of nitrogens with one attached hydrogen (secondary N) is 3. The van der Waals surface area contributed by atoms with Gasteiger partial charge in [-0.25, -0.2) is 0 Å². The number of carbonyl (C=O) groups is 1. The van der Waals surface area contributed by atoms with Crippen LogP contribution in [0.25, 0.3) is 10.4 Å². The highest BCUT2D eigenvalue weighted by atomic mass is 32.1. The van der Waals surface area contributed by atoms with E-state index in [9.17, 15) is 4.79 Å². The lowest BCUT2D eigenvalue weighted by Crippen LogP contribution is -2.58. The summed E-state index contributed by atoms with van der Waals surface area (Å²) < 4.78 is 0. The van der Waals surface area contributed by atoms with Crippen molar-refractivity contribution in [1.29, 1.82) is 0 Å². The topological polar surface area (TPSA) is 53.2 Å². The molecule has 20 heavy (non-hydrogen) atoms. The Morgan fingerprint density at radius 2 is 2.00 bits per heavy atom. The lowest BCUT2D eigenvalue weighted by Gasteiger charge is -2.35. The molecule has 3 heterocycles. The normalized spacial score (nSPS) is 24.3. The van der Waals surface area contributed by atoms with E-state index < -0.39 is 0 Å². The first-order valence-corrected chi connectivity index (χ1v) is 7.58. The zero-order chi connectivity index (χ0) is 13.6. The largest absolute Gasteiger partial charge is 0.353 e. The standard InChI is InChI=1S/C15H15N3OS/c19-13-11-8-12(10-4-2-1-3-5-10)20-14(11)18-15(17-13)6-7-16-9-15/h1-5,8,16,18H,6-7,9H2,(H,17,19). The molecule has 1 atom stereocenters. The molecule has 5 heteroatoms. The number of anilines is 1. The third-order valence-electron chi connectivity index (χ3n) is 3.90. The van der Waals surface area contributed by atoms with E-state index in [1.165, 1.54) is 0 Å². The van der Waals surface area contributed by atoms with Crippen molar-refractivity contribution < 1.29 is 4.79 Å². The molecule has 0 aliphatic carbocycles. The van der Waals surface area contributed by atoms with Gasteiger partial charge >= 0.3 is 0 Å². The van der Waals surface area contributed by atoms with Crippen LogP contribution >= 0.6 is 11.3 Å². The van der Waals surface area contributed by atoms with Crippen molar-refractivity contribution in [3.05, 3.63) is 42.0 Å². The van der Waals surface area contributed by atoms with Gasteiger partial charge in [-0.1, -0.05) is 30.3 Å². The lowest BCUT2D eigenvalue weighted by atomic mass is 10.1. The molecule has 2 aromatic rings. The number of thiophene rings is 1. The summed E-state index contributed by atoms with van der Waals surface area (Å²) in [6.07, 6.45) is 0.913. The van der Waals surface area contributed by atoms with Gasteiger partial charge in [-0.05, 0) is 18.2 Å². The van der Waals surface area contributed by atoms with E-state index in [2.05, 4.69) is 28.1 Å². The van der Waals surface area contributed by atoms with Crippen molar-refractivity contribution in [2.75, 3.05) is 18.4 Å². The van der Waals surface area contributed by atoms with Crippen LogP contribution in [0.4, 0.5) is 5.00 Å². The van der Waals surface area contributed by atoms with Crippen LogP contribution in [0, 0.1) is 0 Å². The average molecular weight is 285 g/mol. The van der Waals surface area contributed by atoms with E-state index in [0.717, 1.165) is 40.5 Å². The van der Waals surface area contributed by atoms with Crippen LogP contribution in [0.5, 0.6) is 0 Å². The highest BCUT2D eigenvalue weighted by molar-refractivity contribution is 7.19. The fraction of sp³-hybridized carbons (Fsp3) is 0.267. The minimum atomic E-state index is -0.303. The minimum Gasteiger partial charge on any atom is -0.353 e. The van der Waals surface area contributed by atoms with Gasteiger partial charge in [0.1, 0.15) is 10.7 Å². The second-order valence-corrected chi connectivity index (χ2v) is 6.36. The van der Waals surface area contributed by atoms with E-state index in [4.69, 9.17) is 0 Å². The van der Waals surface area contributed by atoms with Gasteiger partial charge in [-0.3, -0.25) is 4.79 Å². The second-order valence-electron chi connectivity index (χ2n) is 5.31. The predicted octanol–water partition coefficient (Wildman–Crippen LogP) is 2.26. The van der Waals surface area contributed by atoms with E-state index >= 15 is 0 Å². The molecule has 0 radical (unpaired) electrons. The van der Waals surface area contributed by atoms with Crippen molar-refractivity contribution in [2.24, 2.45) is 0 Å². The highest BCUT2D eigenvalue weighted by Gasteiger charge is 2.40. The first-order chi connectivity index (χ1) is 9.76. The molecule has 2 aliphatic rings. The van der Waals surface area contributed by atoms with Crippen LogP contribution in [0.3, 0.4) is 0 Å². The van der Waals surface area contributed by atoms with Gasteiger partial charge in [0, 0.05) is 17.8 Å². The summed E-state index contributed by atoms with van der Waals surface area (Å²) in [6, 6.07) is 12.2. The number of benzene rings is 1. The molecule has 3 N–H and O–H groups in total. The minimum absolute atomic E-state index is 0.0286. The number of fused-ring (bicyclic) bond motifs is 1. The molecule has 102 valence electrons. The third kappa shape index (κ3) is 1.82. The summed E-state index contributed by atoms with van der Waals surface area (Å²) in [5.41, 5.74) is 1.61. The van der Waals surface area contributed by atoms with Gasteiger partial charge < -0.3 is 16.0 Å². The predicted molar refractivity (Wildman–Crippen MR) is 81.1 cm³/mol. The zero-order valence-corrected chi connectivity index (χ0v) is 11.7. The molecule has 1 unspecified atom stereocenters. The molecule has 1 amide bonds. The molecule has 1 saturated heterocycles. The van der Waals surface area contributed by atoms with E-state index in [0.29, 0.717) is 0 Å². The molecule has 1 spiro atoms. The molecular weight excluding hydrogens is 270 g/mol. The first kappa shape index (κ1) is 11.9. The maximum absolute atomic E-state index is 12.3. The van der Waals surface area contributed by atoms with Crippen LogP contribution in [-0.4, -0.2) is 24.7 Å². The van der Waals surface area contributed by atoms with Gasteiger partial charge in [0.2, 0.25) is 0 Å². The van der Waals surface area contributed by atoms with E-state index in [1.54, 1.807) is 11.3 Å². The fourth-order valence-corrected chi connectivity index (χ4v) is 3.99. The second kappa shape index (κ2) is 4.33.